The average molecular weight is 235 g/mol. The monoisotopic (exact) mass is 235 g/mol. The van der Waals surface area contributed by atoms with E-state index in [-0.39, 0.29) is 5.75 Å². The number of rotatable bonds is 2. The van der Waals surface area contributed by atoms with Crippen LogP contribution in [0.1, 0.15) is 0 Å². The number of hydrogen-bond acceptors (Lipinski definition) is 4. The lowest BCUT2D eigenvalue weighted by molar-refractivity contribution is 0.355. The van der Waals surface area contributed by atoms with Crippen LogP contribution in [0.5, 0.6) is 17.2 Å². The van der Waals surface area contributed by atoms with Crippen LogP contribution in [-0.2, 0) is 7.05 Å². The van der Waals surface area contributed by atoms with Crippen molar-refractivity contribution in [3.05, 3.63) is 28.7 Å². The molecule has 0 spiro atoms. The maximum atomic E-state index is 11.6. The van der Waals surface area contributed by atoms with Gasteiger partial charge in [0.25, 0.3) is 5.56 Å². The molecule has 0 amide bonds. The van der Waals surface area contributed by atoms with E-state index in [0.29, 0.717) is 22.3 Å². The van der Waals surface area contributed by atoms with Gasteiger partial charge in [-0.15, -0.1) is 0 Å². The van der Waals surface area contributed by atoms with Gasteiger partial charge in [-0.05, 0) is 12.1 Å². The second kappa shape index (κ2) is 4.01. The van der Waals surface area contributed by atoms with Gasteiger partial charge in [-0.25, -0.2) is 0 Å². The predicted molar refractivity (Wildman–Crippen MR) is 64.0 cm³/mol. The SMILES string of the molecule is COc1cc2cn(C)c(=O)c(O)c2cc1OC. The van der Waals surface area contributed by atoms with Gasteiger partial charge in [0.2, 0.25) is 0 Å². The Balaban J connectivity index is 2.88. The molecule has 0 saturated heterocycles. The fourth-order valence-electron chi connectivity index (χ4n) is 1.76. The van der Waals surface area contributed by atoms with E-state index in [4.69, 9.17) is 9.47 Å². The molecule has 0 aliphatic carbocycles. The standard InChI is InChI=1S/C12H13NO4/c1-13-6-7-4-9(16-2)10(17-3)5-8(7)11(14)12(13)15/h4-6,14H,1-3H3. The summed E-state index contributed by atoms with van der Waals surface area (Å²) in [6, 6.07) is 3.30. The van der Waals surface area contributed by atoms with Gasteiger partial charge in [-0.3, -0.25) is 4.79 Å². The quantitative estimate of drug-likeness (QED) is 0.851. The Morgan fingerprint density at radius 3 is 2.35 bits per heavy atom. The van der Waals surface area contributed by atoms with Crippen molar-refractivity contribution < 1.29 is 14.6 Å². The van der Waals surface area contributed by atoms with Crippen molar-refractivity contribution in [1.82, 2.24) is 4.57 Å². The highest BCUT2D eigenvalue weighted by molar-refractivity contribution is 5.90. The molecule has 1 aromatic heterocycles. The van der Waals surface area contributed by atoms with E-state index in [1.54, 1.807) is 25.4 Å². The Morgan fingerprint density at radius 1 is 1.18 bits per heavy atom. The molecule has 2 rings (SSSR count). The number of nitrogens with zero attached hydrogens (tertiary/aromatic N) is 1. The lowest BCUT2D eigenvalue weighted by Crippen LogP contribution is -2.15. The number of pyridine rings is 1. The van der Waals surface area contributed by atoms with Crippen LogP contribution in [0.15, 0.2) is 23.1 Å². The van der Waals surface area contributed by atoms with Gasteiger partial charge in [0.1, 0.15) is 0 Å². The molecule has 0 saturated carbocycles. The number of aromatic nitrogens is 1. The van der Waals surface area contributed by atoms with Gasteiger partial charge in [0.05, 0.1) is 14.2 Å². The van der Waals surface area contributed by atoms with Crippen molar-refractivity contribution in [1.29, 1.82) is 0 Å². The Hall–Kier alpha value is -2.17. The van der Waals surface area contributed by atoms with E-state index in [9.17, 15) is 9.90 Å². The number of fused-ring (bicyclic) bond motifs is 1. The van der Waals surface area contributed by atoms with Gasteiger partial charge in [-0.1, -0.05) is 0 Å². The number of benzene rings is 1. The summed E-state index contributed by atoms with van der Waals surface area (Å²) in [6.45, 7) is 0. The number of hydrogen-bond donors (Lipinski definition) is 1. The van der Waals surface area contributed by atoms with Crippen LogP contribution >= 0.6 is 0 Å². The van der Waals surface area contributed by atoms with Crippen LogP contribution in [0.25, 0.3) is 10.8 Å². The van der Waals surface area contributed by atoms with Gasteiger partial charge in [-0.2, -0.15) is 0 Å². The van der Waals surface area contributed by atoms with E-state index in [2.05, 4.69) is 0 Å². The van der Waals surface area contributed by atoms with Crippen LogP contribution in [-0.4, -0.2) is 23.9 Å². The van der Waals surface area contributed by atoms with Crippen LogP contribution < -0.4 is 15.0 Å². The third-order valence-electron chi connectivity index (χ3n) is 2.67. The molecule has 1 N–H and O–H groups in total. The maximum Gasteiger partial charge on any atom is 0.293 e. The molecule has 2 aromatic rings. The molecule has 1 aromatic carbocycles. The molecule has 0 unspecified atom stereocenters. The Bertz CT molecular complexity index is 630. The van der Waals surface area contributed by atoms with Gasteiger partial charge >= 0.3 is 0 Å². The molecular weight excluding hydrogens is 222 g/mol. The highest BCUT2D eigenvalue weighted by atomic mass is 16.5. The molecule has 0 fully saturated rings. The number of ether oxygens (including phenoxy) is 2. The highest BCUT2D eigenvalue weighted by Gasteiger charge is 2.12. The highest BCUT2D eigenvalue weighted by Crippen LogP contribution is 2.34. The van der Waals surface area contributed by atoms with Crippen LogP contribution in [0.4, 0.5) is 0 Å². The summed E-state index contributed by atoms with van der Waals surface area (Å²) < 4.78 is 11.6. The van der Waals surface area contributed by atoms with E-state index >= 15 is 0 Å². The molecular formula is C12H13NO4. The van der Waals surface area contributed by atoms with Crippen LogP contribution in [0, 0.1) is 0 Å². The normalized spacial score (nSPS) is 10.5. The van der Waals surface area contributed by atoms with Gasteiger partial charge in [0, 0.05) is 24.0 Å². The summed E-state index contributed by atoms with van der Waals surface area (Å²) in [6.07, 6.45) is 1.64. The summed E-state index contributed by atoms with van der Waals surface area (Å²) in [5.41, 5.74) is -0.440. The largest absolute Gasteiger partial charge is 0.503 e. The molecule has 0 aliphatic rings. The first-order valence-electron chi connectivity index (χ1n) is 5.02. The molecule has 0 radical (unpaired) electrons. The van der Waals surface area contributed by atoms with Crippen molar-refractivity contribution in [2.75, 3.05) is 14.2 Å². The summed E-state index contributed by atoms with van der Waals surface area (Å²) in [7, 11) is 4.62. The van der Waals surface area contributed by atoms with Crippen LogP contribution in [0.2, 0.25) is 0 Å². The van der Waals surface area contributed by atoms with Crippen molar-refractivity contribution in [3.8, 4) is 17.2 Å². The fraction of sp³-hybridized carbons (Fsp3) is 0.250. The third kappa shape index (κ3) is 1.69. The average Bonchev–Trinajstić information content (AvgIpc) is 2.34. The topological polar surface area (TPSA) is 60.7 Å². The molecule has 1 heterocycles. The first-order valence-corrected chi connectivity index (χ1v) is 5.02. The summed E-state index contributed by atoms with van der Waals surface area (Å²) in [4.78, 5) is 11.6. The number of methoxy groups -OCH3 is 2. The second-order valence-corrected chi connectivity index (χ2v) is 3.69. The van der Waals surface area contributed by atoms with E-state index in [1.807, 2.05) is 0 Å². The van der Waals surface area contributed by atoms with Crippen molar-refractivity contribution in [2.45, 2.75) is 0 Å². The summed E-state index contributed by atoms with van der Waals surface area (Å²) >= 11 is 0. The summed E-state index contributed by atoms with van der Waals surface area (Å²) in [5, 5.41) is 11.0. The predicted octanol–water partition coefficient (Wildman–Crippen LogP) is 1.26. The van der Waals surface area contributed by atoms with Crippen molar-refractivity contribution in [3.63, 3.8) is 0 Å². The van der Waals surface area contributed by atoms with Gasteiger partial charge < -0.3 is 19.1 Å². The molecule has 5 nitrogen and oxygen atoms in total. The molecule has 0 aliphatic heterocycles. The smallest absolute Gasteiger partial charge is 0.293 e. The molecule has 0 bridgehead atoms. The van der Waals surface area contributed by atoms with E-state index in [1.165, 1.54) is 18.8 Å². The number of aryl methyl sites for hydroxylation is 1. The minimum absolute atomic E-state index is 0.286. The molecule has 17 heavy (non-hydrogen) atoms. The second-order valence-electron chi connectivity index (χ2n) is 3.69. The lowest BCUT2D eigenvalue weighted by Gasteiger charge is -2.10. The first kappa shape index (κ1) is 11.3. The lowest BCUT2D eigenvalue weighted by atomic mass is 10.1. The molecule has 0 atom stereocenters. The Kier molecular flexibility index (Phi) is 2.67. The maximum absolute atomic E-state index is 11.6. The van der Waals surface area contributed by atoms with E-state index < -0.39 is 5.56 Å². The zero-order valence-electron chi connectivity index (χ0n) is 9.85. The van der Waals surface area contributed by atoms with Gasteiger partial charge in [0.15, 0.2) is 17.2 Å². The molecule has 90 valence electrons. The Labute approximate surface area is 97.8 Å². The third-order valence-corrected chi connectivity index (χ3v) is 2.67. The zero-order chi connectivity index (χ0) is 12.6. The first-order chi connectivity index (χ1) is 8.08. The fourth-order valence-corrected chi connectivity index (χ4v) is 1.76. The Morgan fingerprint density at radius 2 is 1.76 bits per heavy atom. The minimum Gasteiger partial charge on any atom is -0.503 e. The van der Waals surface area contributed by atoms with Crippen molar-refractivity contribution >= 4 is 10.8 Å². The summed E-state index contributed by atoms with van der Waals surface area (Å²) in [5.74, 6) is 0.743. The number of aromatic hydroxyl groups is 1. The van der Waals surface area contributed by atoms with Crippen molar-refractivity contribution in [2.24, 2.45) is 7.05 Å². The van der Waals surface area contributed by atoms with Crippen LogP contribution in [0.3, 0.4) is 0 Å². The van der Waals surface area contributed by atoms with E-state index in [0.717, 1.165) is 0 Å². The zero-order valence-corrected chi connectivity index (χ0v) is 9.85. The molecule has 5 heteroatoms. The minimum atomic E-state index is -0.440.